The van der Waals surface area contributed by atoms with Crippen LogP contribution in [-0.2, 0) is 13.0 Å². The molecule has 0 saturated heterocycles. The van der Waals surface area contributed by atoms with Crippen LogP contribution < -0.4 is 5.32 Å². The maximum Gasteiger partial charge on any atom is 0.0416 e. The molecule has 3 heteroatoms. The Bertz CT molecular complexity index is 423. The molecule has 2 heterocycles. The summed E-state index contributed by atoms with van der Waals surface area (Å²) < 4.78 is 0. The lowest BCUT2D eigenvalue weighted by Crippen LogP contribution is -2.16. The smallest absolute Gasteiger partial charge is 0.0416 e. The van der Waals surface area contributed by atoms with Crippen LogP contribution in [0.15, 0.2) is 36.5 Å². The summed E-state index contributed by atoms with van der Waals surface area (Å²) in [5.41, 5.74) is 1.15. The quantitative estimate of drug-likeness (QED) is 0.802. The third-order valence-electron chi connectivity index (χ3n) is 2.38. The second kappa shape index (κ2) is 5.77. The largest absolute Gasteiger partial charge is 0.311 e. The zero-order valence-electron chi connectivity index (χ0n) is 9.44. The van der Waals surface area contributed by atoms with Gasteiger partial charge in [0.05, 0.1) is 0 Å². The highest BCUT2D eigenvalue weighted by Crippen LogP contribution is 2.14. The molecule has 0 aliphatic rings. The lowest BCUT2D eigenvalue weighted by Gasteiger charge is -2.02. The summed E-state index contributed by atoms with van der Waals surface area (Å²) in [5.74, 6) is 0. The summed E-state index contributed by atoms with van der Waals surface area (Å²) in [4.78, 5) is 7.07. The standard InChI is InChI=1S/C13H16N2S/c1-11-5-6-13(16-11)10-14-9-7-12-4-2-3-8-15-12/h2-6,8,14H,7,9-10H2,1H3. The topological polar surface area (TPSA) is 24.9 Å². The molecule has 0 fully saturated rings. The summed E-state index contributed by atoms with van der Waals surface area (Å²) in [6, 6.07) is 10.4. The molecule has 0 atom stereocenters. The molecule has 2 nitrogen and oxygen atoms in total. The average molecular weight is 232 g/mol. The molecule has 2 aromatic rings. The third-order valence-corrected chi connectivity index (χ3v) is 3.38. The Morgan fingerprint density at radius 1 is 1.25 bits per heavy atom. The average Bonchev–Trinajstić information content (AvgIpc) is 2.72. The predicted octanol–water partition coefficient (Wildman–Crippen LogP) is 2.78. The van der Waals surface area contributed by atoms with Gasteiger partial charge in [-0.3, -0.25) is 4.98 Å². The van der Waals surface area contributed by atoms with Crippen LogP contribution in [0.3, 0.4) is 0 Å². The van der Waals surface area contributed by atoms with Crippen molar-refractivity contribution >= 4 is 11.3 Å². The molecular formula is C13H16N2S. The van der Waals surface area contributed by atoms with E-state index in [-0.39, 0.29) is 0 Å². The van der Waals surface area contributed by atoms with Gasteiger partial charge in [0.15, 0.2) is 0 Å². The van der Waals surface area contributed by atoms with Gasteiger partial charge in [-0.2, -0.15) is 0 Å². The molecule has 1 N–H and O–H groups in total. The number of hydrogen-bond donors (Lipinski definition) is 1. The van der Waals surface area contributed by atoms with Crippen molar-refractivity contribution < 1.29 is 0 Å². The first kappa shape index (κ1) is 11.3. The highest BCUT2D eigenvalue weighted by molar-refractivity contribution is 7.11. The van der Waals surface area contributed by atoms with Gasteiger partial charge in [-0.25, -0.2) is 0 Å². The van der Waals surface area contributed by atoms with Crippen LogP contribution in [0, 0.1) is 6.92 Å². The number of thiophene rings is 1. The lowest BCUT2D eigenvalue weighted by atomic mass is 10.3. The van der Waals surface area contributed by atoms with Crippen molar-refractivity contribution in [2.45, 2.75) is 19.9 Å². The first-order chi connectivity index (χ1) is 7.84. The van der Waals surface area contributed by atoms with Gasteiger partial charge in [0.25, 0.3) is 0 Å². The zero-order chi connectivity index (χ0) is 11.2. The van der Waals surface area contributed by atoms with Crippen LogP contribution >= 0.6 is 11.3 Å². The van der Waals surface area contributed by atoms with E-state index in [1.807, 2.05) is 29.7 Å². The number of pyridine rings is 1. The van der Waals surface area contributed by atoms with Crippen LogP contribution in [0.5, 0.6) is 0 Å². The van der Waals surface area contributed by atoms with Gasteiger partial charge in [-0.1, -0.05) is 6.07 Å². The summed E-state index contributed by atoms with van der Waals surface area (Å²) >= 11 is 1.86. The molecule has 0 aromatic carbocycles. The third kappa shape index (κ3) is 3.43. The maximum absolute atomic E-state index is 4.29. The Hall–Kier alpha value is -1.19. The molecule has 0 bridgehead atoms. The number of aromatic nitrogens is 1. The number of nitrogens with one attached hydrogen (secondary N) is 1. The molecule has 0 spiro atoms. The number of rotatable bonds is 5. The van der Waals surface area contributed by atoms with Crippen molar-refractivity contribution in [2.24, 2.45) is 0 Å². The first-order valence-corrected chi connectivity index (χ1v) is 6.32. The minimum absolute atomic E-state index is 0.964. The number of aryl methyl sites for hydroxylation is 1. The fourth-order valence-corrected chi connectivity index (χ4v) is 2.41. The normalized spacial score (nSPS) is 10.6. The molecule has 2 rings (SSSR count). The van der Waals surface area contributed by atoms with Crippen LogP contribution in [0.4, 0.5) is 0 Å². The zero-order valence-corrected chi connectivity index (χ0v) is 10.3. The van der Waals surface area contributed by atoms with Gasteiger partial charge >= 0.3 is 0 Å². The second-order valence-corrected chi connectivity index (χ2v) is 5.13. The van der Waals surface area contributed by atoms with Crippen LogP contribution in [-0.4, -0.2) is 11.5 Å². The molecular weight excluding hydrogens is 216 g/mol. The second-order valence-electron chi connectivity index (χ2n) is 3.76. The Morgan fingerprint density at radius 3 is 2.88 bits per heavy atom. The summed E-state index contributed by atoms with van der Waals surface area (Å²) in [7, 11) is 0. The van der Waals surface area contributed by atoms with Crippen LogP contribution in [0.1, 0.15) is 15.4 Å². The monoisotopic (exact) mass is 232 g/mol. The minimum atomic E-state index is 0.964. The van der Waals surface area contributed by atoms with E-state index in [0.29, 0.717) is 0 Å². The molecule has 0 aliphatic heterocycles. The number of nitrogens with zero attached hydrogens (tertiary/aromatic N) is 1. The molecule has 0 unspecified atom stereocenters. The van der Waals surface area contributed by atoms with E-state index in [4.69, 9.17) is 0 Å². The molecule has 84 valence electrons. The van der Waals surface area contributed by atoms with Crippen molar-refractivity contribution in [1.82, 2.24) is 10.3 Å². The van der Waals surface area contributed by atoms with Crippen molar-refractivity contribution in [3.05, 3.63) is 52.0 Å². The fourth-order valence-electron chi connectivity index (χ4n) is 1.55. The van der Waals surface area contributed by atoms with Crippen molar-refractivity contribution in [2.75, 3.05) is 6.54 Å². The Kier molecular flexibility index (Phi) is 4.08. The maximum atomic E-state index is 4.29. The van der Waals surface area contributed by atoms with Gasteiger partial charge in [-0.15, -0.1) is 11.3 Å². The SMILES string of the molecule is Cc1ccc(CNCCc2ccccn2)s1. The lowest BCUT2D eigenvalue weighted by molar-refractivity contribution is 0.686. The summed E-state index contributed by atoms with van der Waals surface area (Å²) in [6.07, 6.45) is 2.84. The van der Waals surface area contributed by atoms with Crippen molar-refractivity contribution in [3.63, 3.8) is 0 Å². The van der Waals surface area contributed by atoms with E-state index in [1.54, 1.807) is 0 Å². The van der Waals surface area contributed by atoms with Gasteiger partial charge in [0, 0.05) is 41.2 Å². The molecule has 0 aliphatic carbocycles. The Labute approximate surface area is 100 Å². The molecule has 0 saturated carbocycles. The van der Waals surface area contributed by atoms with Crippen LogP contribution in [0.25, 0.3) is 0 Å². The minimum Gasteiger partial charge on any atom is -0.311 e. The Morgan fingerprint density at radius 2 is 2.19 bits per heavy atom. The fraction of sp³-hybridized carbons (Fsp3) is 0.308. The van der Waals surface area contributed by atoms with E-state index < -0.39 is 0 Å². The van der Waals surface area contributed by atoms with Crippen molar-refractivity contribution in [3.8, 4) is 0 Å². The summed E-state index contributed by atoms with van der Waals surface area (Å²) in [6.45, 7) is 4.08. The predicted molar refractivity (Wildman–Crippen MR) is 68.7 cm³/mol. The van der Waals surface area contributed by atoms with E-state index in [9.17, 15) is 0 Å². The van der Waals surface area contributed by atoms with E-state index in [0.717, 1.165) is 25.2 Å². The Balaban J connectivity index is 1.69. The molecule has 0 amide bonds. The van der Waals surface area contributed by atoms with Gasteiger partial charge < -0.3 is 5.32 Å². The van der Waals surface area contributed by atoms with Crippen LogP contribution in [0.2, 0.25) is 0 Å². The van der Waals surface area contributed by atoms with E-state index in [2.05, 4.69) is 35.4 Å². The number of hydrogen-bond acceptors (Lipinski definition) is 3. The molecule has 2 aromatic heterocycles. The van der Waals surface area contributed by atoms with E-state index >= 15 is 0 Å². The van der Waals surface area contributed by atoms with Gasteiger partial charge in [-0.05, 0) is 31.2 Å². The highest BCUT2D eigenvalue weighted by Gasteiger charge is 1.96. The van der Waals surface area contributed by atoms with Gasteiger partial charge in [0.1, 0.15) is 0 Å². The van der Waals surface area contributed by atoms with E-state index in [1.165, 1.54) is 9.75 Å². The molecule has 16 heavy (non-hydrogen) atoms. The molecule has 0 radical (unpaired) electrons. The summed E-state index contributed by atoms with van der Waals surface area (Å²) in [5, 5.41) is 3.43. The highest BCUT2D eigenvalue weighted by atomic mass is 32.1. The van der Waals surface area contributed by atoms with Crippen molar-refractivity contribution in [1.29, 1.82) is 0 Å². The first-order valence-electron chi connectivity index (χ1n) is 5.50. The van der Waals surface area contributed by atoms with Gasteiger partial charge in [0.2, 0.25) is 0 Å².